The van der Waals surface area contributed by atoms with Gasteiger partial charge in [-0.15, -0.1) is 0 Å². The Morgan fingerprint density at radius 2 is 2.00 bits per heavy atom. The summed E-state index contributed by atoms with van der Waals surface area (Å²) in [5.74, 6) is 0.596. The summed E-state index contributed by atoms with van der Waals surface area (Å²) in [7, 11) is 0. The van der Waals surface area contributed by atoms with Crippen molar-refractivity contribution in [2.75, 3.05) is 23.8 Å². The number of nitrogen functional groups attached to an aromatic ring is 1. The van der Waals surface area contributed by atoms with Gasteiger partial charge in [0.2, 0.25) is 0 Å². The zero-order valence-electron chi connectivity index (χ0n) is 10.5. The highest BCUT2D eigenvalue weighted by Crippen LogP contribution is 2.29. The fourth-order valence-electron chi connectivity index (χ4n) is 2.34. The molecule has 1 heterocycles. The maximum atomic E-state index is 13.1. The molecule has 0 amide bonds. The second-order valence-electron chi connectivity index (χ2n) is 4.58. The molecule has 3 nitrogen and oxygen atoms in total. The smallest absolute Gasteiger partial charge is 0.125 e. The van der Waals surface area contributed by atoms with E-state index in [1.54, 1.807) is 6.07 Å². The number of fused-ring (bicyclic) bond motifs is 1. The van der Waals surface area contributed by atoms with Gasteiger partial charge in [-0.05, 0) is 24.3 Å². The van der Waals surface area contributed by atoms with Crippen molar-refractivity contribution in [2.24, 2.45) is 0 Å². The number of halogens is 1. The fraction of sp³-hybridized carbons (Fsp3) is 0.200. The van der Waals surface area contributed by atoms with E-state index in [1.807, 2.05) is 24.3 Å². The molecule has 0 fully saturated rings. The molecular weight excluding hydrogens is 243 g/mol. The molecule has 19 heavy (non-hydrogen) atoms. The zero-order chi connectivity index (χ0) is 13.2. The van der Waals surface area contributed by atoms with Gasteiger partial charge in [0.25, 0.3) is 0 Å². The molecule has 0 saturated carbocycles. The van der Waals surface area contributed by atoms with Crippen molar-refractivity contribution in [3.8, 4) is 5.75 Å². The van der Waals surface area contributed by atoms with Crippen LogP contribution in [0.1, 0.15) is 5.56 Å². The predicted molar refractivity (Wildman–Crippen MR) is 73.8 cm³/mol. The number of nitrogens with zero attached hydrogens (tertiary/aromatic N) is 1. The Hall–Kier alpha value is -2.23. The molecule has 0 aliphatic carbocycles. The first-order valence-corrected chi connectivity index (χ1v) is 6.25. The van der Waals surface area contributed by atoms with E-state index in [4.69, 9.17) is 10.5 Å². The van der Waals surface area contributed by atoms with Crippen LogP contribution < -0.4 is 15.4 Å². The lowest BCUT2D eigenvalue weighted by atomic mass is 10.1. The van der Waals surface area contributed by atoms with Gasteiger partial charge in [-0.3, -0.25) is 0 Å². The van der Waals surface area contributed by atoms with Gasteiger partial charge in [0.1, 0.15) is 18.2 Å². The minimum absolute atomic E-state index is 0.312. The molecule has 0 bridgehead atoms. The van der Waals surface area contributed by atoms with Crippen LogP contribution in [0.25, 0.3) is 0 Å². The highest BCUT2D eigenvalue weighted by Gasteiger charge is 2.17. The largest absolute Gasteiger partial charge is 0.491 e. The number of ether oxygens (including phenoxy) is 1. The number of nitrogens with two attached hydrogens (primary N) is 1. The third-order valence-corrected chi connectivity index (χ3v) is 3.28. The number of rotatable bonds is 1. The molecule has 1 aliphatic rings. The predicted octanol–water partition coefficient (Wildman–Crippen LogP) is 2.81. The van der Waals surface area contributed by atoms with Gasteiger partial charge in [-0.25, -0.2) is 4.39 Å². The Kier molecular flexibility index (Phi) is 2.99. The summed E-state index contributed by atoms with van der Waals surface area (Å²) < 4.78 is 18.8. The highest BCUT2D eigenvalue weighted by molar-refractivity contribution is 5.68. The molecule has 0 aromatic heterocycles. The van der Waals surface area contributed by atoms with Crippen LogP contribution in [-0.4, -0.2) is 13.2 Å². The summed E-state index contributed by atoms with van der Waals surface area (Å²) in [5, 5.41) is 0. The van der Waals surface area contributed by atoms with Crippen molar-refractivity contribution in [3.63, 3.8) is 0 Å². The van der Waals surface area contributed by atoms with Gasteiger partial charge in [0.05, 0.1) is 17.9 Å². The van der Waals surface area contributed by atoms with Gasteiger partial charge >= 0.3 is 0 Å². The molecule has 0 spiro atoms. The minimum Gasteiger partial charge on any atom is -0.491 e. The quantitative estimate of drug-likeness (QED) is 0.799. The van der Waals surface area contributed by atoms with E-state index in [0.717, 1.165) is 23.5 Å². The summed E-state index contributed by atoms with van der Waals surface area (Å²) in [5.41, 5.74) is 8.32. The van der Waals surface area contributed by atoms with Crippen molar-refractivity contribution in [2.45, 2.75) is 6.54 Å². The first-order valence-electron chi connectivity index (χ1n) is 6.25. The number of hydrogen-bond donors (Lipinski definition) is 1. The maximum absolute atomic E-state index is 13.1. The second kappa shape index (κ2) is 4.80. The molecule has 2 aromatic rings. The van der Waals surface area contributed by atoms with Gasteiger partial charge in [0, 0.05) is 12.1 Å². The molecule has 0 unspecified atom stereocenters. The Bertz CT molecular complexity index is 600. The standard InChI is InChI=1S/C15H15FN2O/c16-12-5-6-14(13(17)9-12)18-7-8-19-15-4-2-1-3-11(15)10-18/h1-6,9H,7-8,10,17H2. The number of hydrogen-bond acceptors (Lipinski definition) is 3. The van der Waals surface area contributed by atoms with E-state index in [0.29, 0.717) is 18.8 Å². The molecule has 0 saturated heterocycles. The topological polar surface area (TPSA) is 38.5 Å². The maximum Gasteiger partial charge on any atom is 0.125 e. The third kappa shape index (κ3) is 2.34. The van der Waals surface area contributed by atoms with Crippen molar-refractivity contribution < 1.29 is 9.13 Å². The fourth-order valence-corrected chi connectivity index (χ4v) is 2.34. The van der Waals surface area contributed by atoms with E-state index < -0.39 is 0 Å². The van der Waals surface area contributed by atoms with E-state index in [1.165, 1.54) is 12.1 Å². The summed E-state index contributed by atoms with van der Waals surface area (Å²) in [6.45, 7) is 2.03. The summed E-state index contributed by atoms with van der Waals surface area (Å²) >= 11 is 0. The van der Waals surface area contributed by atoms with Crippen molar-refractivity contribution in [1.82, 2.24) is 0 Å². The average Bonchev–Trinajstić information content (AvgIpc) is 2.60. The lowest BCUT2D eigenvalue weighted by Crippen LogP contribution is -2.26. The van der Waals surface area contributed by atoms with Crippen molar-refractivity contribution in [3.05, 3.63) is 53.8 Å². The van der Waals surface area contributed by atoms with Gasteiger partial charge in [-0.1, -0.05) is 18.2 Å². The first kappa shape index (κ1) is 11.8. The van der Waals surface area contributed by atoms with E-state index in [2.05, 4.69) is 4.90 Å². The molecule has 98 valence electrons. The third-order valence-electron chi connectivity index (χ3n) is 3.28. The molecule has 1 aliphatic heterocycles. The SMILES string of the molecule is Nc1cc(F)ccc1N1CCOc2ccccc2C1. The zero-order valence-corrected chi connectivity index (χ0v) is 10.5. The Balaban J connectivity index is 1.94. The Labute approximate surface area is 111 Å². The highest BCUT2D eigenvalue weighted by atomic mass is 19.1. The van der Waals surface area contributed by atoms with Crippen LogP contribution in [0.15, 0.2) is 42.5 Å². The minimum atomic E-state index is -0.312. The first-order chi connectivity index (χ1) is 9.24. The summed E-state index contributed by atoms with van der Waals surface area (Å²) in [6.07, 6.45) is 0. The lowest BCUT2D eigenvalue weighted by molar-refractivity contribution is 0.331. The van der Waals surface area contributed by atoms with Gasteiger partial charge in [0.15, 0.2) is 0 Å². The lowest BCUT2D eigenvalue weighted by Gasteiger charge is -2.23. The van der Waals surface area contributed by atoms with E-state index in [-0.39, 0.29) is 5.82 Å². The Morgan fingerprint density at radius 1 is 1.16 bits per heavy atom. The second-order valence-corrected chi connectivity index (χ2v) is 4.58. The van der Waals surface area contributed by atoms with E-state index in [9.17, 15) is 4.39 Å². The molecule has 2 N–H and O–H groups in total. The van der Waals surface area contributed by atoms with Crippen molar-refractivity contribution >= 4 is 11.4 Å². The Morgan fingerprint density at radius 3 is 2.84 bits per heavy atom. The molecule has 0 atom stereocenters. The summed E-state index contributed by atoms with van der Waals surface area (Å²) in [6, 6.07) is 12.5. The number of benzene rings is 2. The van der Waals surface area contributed by atoms with Crippen LogP contribution in [0.4, 0.5) is 15.8 Å². The van der Waals surface area contributed by atoms with Crippen LogP contribution in [-0.2, 0) is 6.54 Å². The number of para-hydroxylation sites is 1. The average molecular weight is 258 g/mol. The molecular formula is C15H15FN2O. The van der Waals surface area contributed by atoms with Gasteiger partial charge in [-0.2, -0.15) is 0 Å². The molecule has 3 rings (SSSR count). The molecule has 2 aromatic carbocycles. The van der Waals surface area contributed by atoms with Crippen LogP contribution in [0.2, 0.25) is 0 Å². The van der Waals surface area contributed by atoms with Crippen LogP contribution in [0.5, 0.6) is 5.75 Å². The van der Waals surface area contributed by atoms with Crippen LogP contribution >= 0.6 is 0 Å². The van der Waals surface area contributed by atoms with E-state index >= 15 is 0 Å². The summed E-state index contributed by atoms with van der Waals surface area (Å²) in [4.78, 5) is 2.11. The number of anilines is 2. The monoisotopic (exact) mass is 258 g/mol. The van der Waals surface area contributed by atoms with Crippen molar-refractivity contribution in [1.29, 1.82) is 0 Å². The van der Waals surface area contributed by atoms with Crippen LogP contribution in [0.3, 0.4) is 0 Å². The van der Waals surface area contributed by atoms with Crippen LogP contribution in [0, 0.1) is 5.82 Å². The normalized spacial score (nSPS) is 14.5. The molecule has 4 heteroatoms. The molecule has 0 radical (unpaired) electrons. The van der Waals surface area contributed by atoms with Gasteiger partial charge < -0.3 is 15.4 Å².